The molecule has 1 aromatic rings. The maximum absolute atomic E-state index is 11.0. The lowest BCUT2D eigenvalue weighted by Crippen LogP contribution is -2.23. The molecule has 0 fully saturated rings. The fourth-order valence-electron chi connectivity index (χ4n) is 1.46. The van der Waals surface area contributed by atoms with Gasteiger partial charge in [0.05, 0.1) is 11.1 Å². The highest BCUT2D eigenvalue weighted by atomic mass is 32.1. The fourth-order valence-corrected chi connectivity index (χ4v) is 1.51. The van der Waals surface area contributed by atoms with Crippen LogP contribution in [-0.2, 0) is 0 Å². The van der Waals surface area contributed by atoms with E-state index in [9.17, 15) is 10.1 Å². The van der Waals surface area contributed by atoms with Crippen molar-refractivity contribution in [1.29, 1.82) is 0 Å². The Morgan fingerprint density at radius 1 is 1.61 bits per heavy atom. The van der Waals surface area contributed by atoms with E-state index in [1.165, 1.54) is 12.3 Å². The minimum absolute atomic E-state index is 0.0413. The molecule has 0 heterocycles. The Bertz CT molecular complexity index is 500. The highest BCUT2D eigenvalue weighted by molar-refractivity contribution is 7.80. The number of nitrogens with zero attached hydrogens (tertiary/aromatic N) is 2. The minimum atomic E-state index is -0.395. The summed E-state index contributed by atoms with van der Waals surface area (Å²) in [5, 5.41) is 14.8. The van der Waals surface area contributed by atoms with E-state index in [4.69, 9.17) is 5.73 Å². The van der Waals surface area contributed by atoms with E-state index < -0.39 is 4.92 Å². The third kappa shape index (κ3) is 3.77. The first kappa shape index (κ1) is 14.0. The molecule has 0 bridgehead atoms. The van der Waals surface area contributed by atoms with Crippen LogP contribution >= 0.6 is 12.2 Å². The largest absolute Gasteiger partial charge is 0.375 e. The van der Waals surface area contributed by atoms with Gasteiger partial charge in [-0.15, -0.1) is 0 Å². The first-order valence-electron chi connectivity index (χ1n) is 5.28. The van der Waals surface area contributed by atoms with Crippen LogP contribution in [0.3, 0.4) is 0 Å². The summed E-state index contributed by atoms with van der Waals surface area (Å²) >= 11 is 4.58. The zero-order valence-electron chi connectivity index (χ0n) is 10.1. The Morgan fingerprint density at radius 3 is 2.78 bits per heavy atom. The molecule has 0 unspecified atom stereocenters. The molecule has 0 saturated heterocycles. The number of nitro benzene ring substituents is 1. The van der Waals surface area contributed by atoms with Crippen molar-refractivity contribution < 1.29 is 4.92 Å². The molecule has 1 rings (SSSR count). The molecule has 3 N–H and O–H groups in total. The lowest BCUT2D eigenvalue weighted by Gasteiger charge is -2.06. The van der Waals surface area contributed by atoms with Crippen molar-refractivity contribution in [2.75, 3.05) is 0 Å². The van der Waals surface area contributed by atoms with Crippen LogP contribution in [-0.4, -0.2) is 16.3 Å². The van der Waals surface area contributed by atoms with Crippen LogP contribution in [0.4, 0.5) is 5.69 Å². The van der Waals surface area contributed by atoms with Crippen LogP contribution in [0.5, 0.6) is 0 Å². The molecule has 96 valence electrons. The van der Waals surface area contributed by atoms with Crippen molar-refractivity contribution in [3.63, 3.8) is 0 Å². The van der Waals surface area contributed by atoms with Crippen molar-refractivity contribution >= 4 is 29.2 Å². The zero-order chi connectivity index (χ0) is 13.7. The van der Waals surface area contributed by atoms with Gasteiger partial charge in [-0.25, -0.2) is 0 Å². The number of hydrazone groups is 1. The smallest absolute Gasteiger partial charge is 0.273 e. The Morgan fingerprint density at radius 2 is 2.28 bits per heavy atom. The summed E-state index contributed by atoms with van der Waals surface area (Å²) in [4.78, 5) is 10.6. The Labute approximate surface area is 110 Å². The topological polar surface area (TPSA) is 93.5 Å². The van der Waals surface area contributed by atoms with E-state index in [2.05, 4.69) is 22.7 Å². The number of nitrogens with one attached hydrogen (secondary N) is 1. The van der Waals surface area contributed by atoms with E-state index >= 15 is 0 Å². The van der Waals surface area contributed by atoms with Crippen molar-refractivity contribution in [3.05, 3.63) is 39.4 Å². The molecule has 1 aromatic carbocycles. The van der Waals surface area contributed by atoms with Gasteiger partial charge in [-0.05, 0) is 18.1 Å². The predicted octanol–water partition coefficient (Wildman–Crippen LogP) is 1.89. The number of nitrogens with two attached hydrogens (primary N) is 1. The maximum Gasteiger partial charge on any atom is 0.273 e. The SMILES string of the molecule is CC(C)c1ccc(C=NNC(N)=S)cc1[N+](=O)[O-]. The maximum atomic E-state index is 11.0. The van der Waals surface area contributed by atoms with Gasteiger partial charge in [0.15, 0.2) is 5.11 Å². The molecule has 0 spiro atoms. The molecule has 18 heavy (non-hydrogen) atoms. The van der Waals surface area contributed by atoms with Crippen LogP contribution < -0.4 is 11.2 Å². The summed E-state index contributed by atoms with van der Waals surface area (Å²) in [6, 6.07) is 4.96. The van der Waals surface area contributed by atoms with Gasteiger partial charge in [-0.2, -0.15) is 5.10 Å². The van der Waals surface area contributed by atoms with E-state index in [1.54, 1.807) is 12.1 Å². The highest BCUT2D eigenvalue weighted by Crippen LogP contribution is 2.26. The Balaban J connectivity index is 3.04. The third-order valence-corrected chi connectivity index (χ3v) is 2.35. The first-order valence-corrected chi connectivity index (χ1v) is 5.69. The van der Waals surface area contributed by atoms with Crippen LogP contribution in [0.2, 0.25) is 0 Å². The third-order valence-electron chi connectivity index (χ3n) is 2.26. The highest BCUT2D eigenvalue weighted by Gasteiger charge is 2.16. The van der Waals surface area contributed by atoms with Gasteiger partial charge >= 0.3 is 0 Å². The van der Waals surface area contributed by atoms with Gasteiger partial charge in [0.1, 0.15) is 0 Å². The Kier molecular flexibility index (Phi) is 4.73. The zero-order valence-corrected chi connectivity index (χ0v) is 10.9. The summed E-state index contributed by atoms with van der Waals surface area (Å²) in [6.45, 7) is 3.81. The van der Waals surface area contributed by atoms with Crippen molar-refractivity contribution in [1.82, 2.24) is 5.43 Å². The van der Waals surface area contributed by atoms with Crippen LogP contribution in [0.1, 0.15) is 30.9 Å². The second-order valence-corrected chi connectivity index (χ2v) is 4.40. The number of hydrogen-bond acceptors (Lipinski definition) is 4. The van der Waals surface area contributed by atoms with E-state index in [-0.39, 0.29) is 16.7 Å². The molecular formula is C11H14N4O2S. The molecule has 0 radical (unpaired) electrons. The lowest BCUT2D eigenvalue weighted by atomic mass is 9.99. The molecule has 0 aliphatic carbocycles. The van der Waals surface area contributed by atoms with Gasteiger partial charge < -0.3 is 5.73 Å². The monoisotopic (exact) mass is 266 g/mol. The van der Waals surface area contributed by atoms with Gasteiger partial charge in [-0.3, -0.25) is 15.5 Å². The lowest BCUT2D eigenvalue weighted by molar-refractivity contribution is -0.385. The van der Waals surface area contributed by atoms with Gasteiger partial charge in [0.2, 0.25) is 0 Å². The molecule has 0 amide bonds. The second-order valence-electron chi connectivity index (χ2n) is 3.96. The van der Waals surface area contributed by atoms with Crippen LogP contribution in [0.15, 0.2) is 23.3 Å². The number of rotatable bonds is 4. The summed E-state index contributed by atoms with van der Waals surface area (Å²) < 4.78 is 0. The van der Waals surface area contributed by atoms with E-state index in [0.717, 1.165) is 0 Å². The molecule has 0 aliphatic rings. The van der Waals surface area contributed by atoms with Crippen molar-refractivity contribution in [3.8, 4) is 0 Å². The summed E-state index contributed by atoms with van der Waals surface area (Å²) in [6.07, 6.45) is 1.43. The standard InChI is InChI=1S/C11H14N4O2S/c1-7(2)9-4-3-8(5-10(9)15(16)17)6-13-14-11(12)18/h3-7H,1-2H3,(H3,12,14,18). The first-order chi connectivity index (χ1) is 8.41. The summed E-state index contributed by atoms with van der Waals surface area (Å²) in [7, 11) is 0. The van der Waals surface area contributed by atoms with Crippen LogP contribution in [0.25, 0.3) is 0 Å². The molecule has 7 heteroatoms. The molecule has 0 aromatic heterocycles. The quantitative estimate of drug-likeness (QED) is 0.375. The summed E-state index contributed by atoms with van der Waals surface area (Å²) in [5.41, 5.74) is 8.97. The average molecular weight is 266 g/mol. The number of hydrogen-bond donors (Lipinski definition) is 2. The van der Waals surface area contributed by atoms with Gasteiger partial charge in [0, 0.05) is 17.2 Å². The molecule has 6 nitrogen and oxygen atoms in total. The second kappa shape index (κ2) is 6.06. The van der Waals surface area contributed by atoms with Crippen molar-refractivity contribution in [2.24, 2.45) is 10.8 Å². The fraction of sp³-hybridized carbons (Fsp3) is 0.273. The van der Waals surface area contributed by atoms with Gasteiger partial charge in [-0.1, -0.05) is 26.0 Å². The minimum Gasteiger partial charge on any atom is -0.375 e. The summed E-state index contributed by atoms with van der Waals surface area (Å²) in [5.74, 6) is 0.0890. The predicted molar refractivity (Wildman–Crippen MR) is 74.7 cm³/mol. The van der Waals surface area contributed by atoms with E-state index in [0.29, 0.717) is 11.1 Å². The van der Waals surface area contributed by atoms with Crippen molar-refractivity contribution in [2.45, 2.75) is 19.8 Å². The molecule has 0 atom stereocenters. The Hall–Kier alpha value is -2.02. The number of nitro groups is 1. The molecule has 0 aliphatic heterocycles. The molecule has 0 saturated carbocycles. The number of thiocarbonyl (C=S) groups is 1. The average Bonchev–Trinajstić information content (AvgIpc) is 2.28. The van der Waals surface area contributed by atoms with Gasteiger partial charge in [0.25, 0.3) is 5.69 Å². The normalized spacial score (nSPS) is 10.8. The number of benzene rings is 1. The molecular weight excluding hydrogens is 252 g/mol. The van der Waals surface area contributed by atoms with Crippen LogP contribution in [0, 0.1) is 10.1 Å². The van der Waals surface area contributed by atoms with E-state index in [1.807, 2.05) is 13.8 Å².